The molecule has 10 aromatic rings. The third-order valence-corrected chi connectivity index (χ3v) is 17.2. The molecule has 0 unspecified atom stereocenters. The Morgan fingerprint density at radius 3 is 1.50 bits per heavy atom. The maximum absolute atomic E-state index is 10.1. The Balaban J connectivity index is 0.000000264. The summed E-state index contributed by atoms with van der Waals surface area (Å²) in [6.45, 7) is 20.8. The first-order chi connectivity index (χ1) is 48.2. The van der Waals surface area contributed by atoms with Gasteiger partial charge in [-0.15, -0.1) is 24.8 Å². The maximum Gasteiger partial charge on any atom is 0.300 e. The highest BCUT2D eigenvalue weighted by atomic mass is 35.5. The number of unbranched alkanes of at least 4 members (excludes halogenated alkanes) is 1. The fourth-order valence-electron chi connectivity index (χ4n) is 10.3. The molecule has 7 N–H and O–H groups in total. The number of aliphatic imine (C=N–C) groups is 2. The number of hydrazine groups is 1. The highest BCUT2D eigenvalue weighted by Crippen LogP contribution is 2.43. The van der Waals surface area contributed by atoms with Gasteiger partial charge in [0.2, 0.25) is 5.69 Å². The minimum atomic E-state index is -0.833. The molecule has 2 aliphatic rings. The van der Waals surface area contributed by atoms with Gasteiger partial charge in [-0.3, -0.25) is 30.5 Å². The van der Waals surface area contributed by atoms with Crippen LogP contribution < -0.4 is 27.6 Å². The predicted octanol–water partition coefficient (Wildman–Crippen LogP) is 21.5. The number of rotatable bonds is 18. The summed E-state index contributed by atoms with van der Waals surface area (Å²) in [7, 11) is 0. The third kappa shape index (κ3) is 27.8. The molecule has 2 heterocycles. The zero-order valence-electron chi connectivity index (χ0n) is 59.9. The monoisotopic (exact) mass is 1430 g/mol. The molecule has 0 saturated heterocycles. The number of allylic oxidation sites excluding steroid dienone is 3. The number of para-hydroxylation sites is 2. The van der Waals surface area contributed by atoms with Gasteiger partial charge in [-0.25, -0.2) is 0 Å². The molecule has 0 spiro atoms. The number of anilines is 3. The number of carbonyl (C=O) groups excluding carboxylic acids is 1. The second kappa shape index (κ2) is 45.0. The summed E-state index contributed by atoms with van der Waals surface area (Å²) in [5.41, 5.74) is 29.6. The van der Waals surface area contributed by atoms with E-state index < -0.39 is 5.97 Å². The Bertz CT molecular complexity index is 4270. The number of Topliss-reactive ketones (excluding diaryl/α,β-unsaturated/α-hetero) is 1. The van der Waals surface area contributed by atoms with Crippen LogP contribution in [0.15, 0.2) is 301 Å². The van der Waals surface area contributed by atoms with E-state index in [9.17, 15) is 10.1 Å². The zero-order chi connectivity index (χ0) is 72.1. The number of carbonyl (C=O) groups is 2. The summed E-state index contributed by atoms with van der Waals surface area (Å²) >= 11 is 1.06. The highest BCUT2D eigenvalue weighted by molar-refractivity contribution is 7.94. The molecule has 12 rings (SSSR count). The van der Waals surface area contributed by atoms with Crippen molar-refractivity contribution in [2.45, 2.75) is 92.9 Å². The number of carboxylic acid groups (broad SMARTS) is 1. The molecule has 0 saturated carbocycles. The van der Waals surface area contributed by atoms with Crippen LogP contribution in [0.5, 0.6) is 0 Å². The second-order valence-electron chi connectivity index (χ2n) is 24.8. The maximum atomic E-state index is 10.1. The topological polar surface area (TPSA) is 200 Å². The van der Waals surface area contributed by atoms with E-state index in [1.807, 2.05) is 184 Å². The molecule has 2 aliphatic heterocycles. The van der Waals surface area contributed by atoms with Crippen LogP contribution in [0.25, 0.3) is 44.5 Å². The van der Waals surface area contributed by atoms with E-state index in [4.69, 9.17) is 26.5 Å². The van der Waals surface area contributed by atoms with Crippen molar-refractivity contribution in [1.29, 1.82) is 0 Å². The van der Waals surface area contributed by atoms with Crippen LogP contribution >= 0.6 is 36.9 Å². The molecule has 0 radical (unpaired) electrons. The molecule has 0 bridgehead atoms. The predicted molar refractivity (Wildman–Crippen MR) is 434 cm³/mol. The van der Waals surface area contributed by atoms with E-state index in [0.29, 0.717) is 0 Å². The molecule has 13 nitrogen and oxygen atoms in total. The fourth-order valence-corrected chi connectivity index (χ4v) is 10.7. The molecule has 0 aliphatic carbocycles. The molecule has 0 atom stereocenters. The SMILES string of the molecule is C(/C=C/C=C/Nc1ccccc1)=Nc1ccccc1.CC(=O)C(C)C.CC(=O)O.CC1=Nc2cc(-c3ccccc3)ccc2C1(C)C.CC1=[N+](CCCCSOO[O-])c2cc(-c3ccccc3)ccc2C1(C)C.Cl.Cl.NNc1cccc(-c2ccccc2)c1.Nc1cccc(-c2ccccc2)c1. The molecular weight excluding hydrogens is 1330 g/mol. The Kier molecular flexibility index (Phi) is 37.2. The van der Waals surface area contributed by atoms with Crippen LogP contribution in [0.3, 0.4) is 0 Å². The van der Waals surface area contributed by atoms with E-state index in [2.05, 4.69) is 193 Å². The standard InChI is InChI=1S/C21H25NO3S.C17H16N2.C17H17N.C12H12N2.C12H11N.C5H10O.C2H4O2.2ClH/c1-16-21(2,3)19-12-11-18(17-9-5-4-6-10-17)15-20(19)22(16)13-7-8-14-26-25-24-23;1-4-10-16(11-5-1)18-14-8-3-9-15-19-17-12-6-2-7-13-17;1-12-17(2,3)15-10-9-14(11-16(15)18-12)13-7-5-4-6-8-13;13-14-12-8-4-7-11(9-12)10-5-2-1-3-6-10;13-12-8-4-7-11(9-12)10-5-2-1-3-6-10;1-4(2)5(3)6;1-2(3)4;;/h4-6,9-12,15H,7-8,13-14H2,1-3H3;1-15,18H;4-11H,1-3H3;1-9,14H,13H2;1-9H,13H2;4H,1-3H3;1H3,(H,3,4);2*1H/b;9-3+,14-8+,19-15?;;;;;;;. The number of nitrogens with zero attached hydrogens (tertiary/aromatic N) is 3. The first-order valence-electron chi connectivity index (χ1n) is 33.3. The number of hydrogen-bond acceptors (Lipinski definition) is 12. The van der Waals surface area contributed by atoms with Gasteiger partial charge in [-0.05, 0) is 151 Å². The number of halogens is 2. The lowest BCUT2D eigenvalue weighted by atomic mass is 9.82. The summed E-state index contributed by atoms with van der Waals surface area (Å²) in [5, 5.41) is 23.8. The van der Waals surface area contributed by atoms with Crippen molar-refractivity contribution in [2.75, 3.05) is 28.8 Å². The number of carboxylic acids is 1. The van der Waals surface area contributed by atoms with Crippen molar-refractivity contribution in [3.8, 4) is 44.5 Å². The van der Waals surface area contributed by atoms with Gasteiger partial charge in [0.05, 0.1) is 16.8 Å². The molecule has 0 fully saturated rings. The van der Waals surface area contributed by atoms with E-state index in [1.54, 1.807) is 13.1 Å². The number of aliphatic carboxylic acids is 1. The van der Waals surface area contributed by atoms with Gasteiger partial charge >= 0.3 is 0 Å². The number of nitrogens with two attached hydrogens (primary N) is 2. The number of hydrogen-bond donors (Lipinski definition) is 5. The van der Waals surface area contributed by atoms with Gasteiger partial charge in [-0.2, -0.15) is 8.91 Å². The average Bonchev–Trinajstić information content (AvgIpc) is 1.60. The van der Waals surface area contributed by atoms with Gasteiger partial charge < -0.3 is 26.8 Å². The lowest BCUT2D eigenvalue weighted by Gasteiger charge is -2.19. The minimum absolute atomic E-state index is 0. The lowest BCUT2D eigenvalue weighted by Crippen LogP contribution is -2.26. The molecule has 0 amide bonds. The van der Waals surface area contributed by atoms with Crippen molar-refractivity contribution in [1.82, 2.24) is 0 Å². The van der Waals surface area contributed by atoms with Crippen LogP contribution in [-0.2, 0) is 29.8 Å². The zero-order valence-corrected chi connectivity index (χ0v) is 62.4. The van der Waals surface area contributed by atoms with Crippen molar-refractivity contribution in [3.63, 3.8) is 0 Å². The molecular formula is C86H97Cl2N7O6S. The Morgan fingerprint density at radius 2 is 1.01 bits per heavy atom. The summed E-state index contributed by atoms with van der Waals surface area (Å²) in [5.74, 6) is 5.73. The summed E-state index contributed by atoms with van der Waals surface area (Å²) < 4.78 is 6.76. The van der Waals surface area contributed by atoms with Crippen LogP contribution in [0, 0.1) is 5.92 Å². The quantitative estimate of drug-likeness (QED) is 0.00630. The van der Waals surface area contributed by atoms with E-state index in [-0.39, 0.29) is 47.3 Å². The molecule has 10 aromatic carbocycles. The lowest BCUT2D eigenvalue weighted by molar-refractivity contribution is -0.777. The number of fused-ring (bicyclic) bond motifs is 2. The van der Waals surface area contributed by atoms with E-state index in [0.717, 1.165) is 72.5 Å². The largest absolute Gasteiger partial charge is 0.691 e. The van der Waals surface area contributed by atoms with Gasteiger partial charge in [0.25, 0.3) is 5.97 Å². The molecule has 16 heteroatoms. The fraction of sp³-hybridized carbons (Fsp3) is 0.198. The number of ketones is 1. The first-order valence-corrected chi connectivity index (χ1v) is 34.2. The number of benzene rings is 10. The summed E-state index contributed by atoms with van der Waals surface area (Å²) in [6.07, 6.45) is 11.4. The normalized spacial score (nSPS) is 12.3. The Hall–Kier alpha value is -10.0. The summed E-state index contributed by atoms with van der Waals surface area (Å²) in [6, 6.07) is 90.6. The molecule has 0 aromatic heterocycles. The highest BCUT2D eigenvalue weighted by Gasteiger charge is 2.43. The smallest absolute Gasteiger partial charge is 0.300 e. The van der Waals surface area contributed by atoms with E-state index in [1.165, 1.54) is 72.7 Å². The third-order valence-electron chi connectivity index (χ3n) is 16.6. The first kappa shape index (κ1) is 84.4. The number of nitrogens with one attached hydrogen (secondary N) is 2. The van der Waals surface area contributed by atoms with Gasteiger partial charge in [0.1, 0.15) is 12.3 Å². The van der Waals surface area contributed by atoms with Crippen LogP contribution in [-0.4, -0.2) is 51.4 Å². The minimum Gasteiger partial charge on any atom is -0.691 e. The van der Waals surface area contributed by atoms with Gasteiger partial charge in [0, 0.05) is 96.2 Å². The van der Waals surface area contributed by atoms with Crippen molar-refractivity contribution in [2.24, 2.45) is 21.7 Å². The van der Waals surface area contributed by atoms with Crippen LogP contribution in [0.2, 0.25) is 0 Å². The van der Waals surface area contributed by atoms with E-state index >= 15 is 0 Å². The molecule has 102 heavy (non-hydrogen) atoms. The van der Waals surface area contributed by atoms with Crippen molar-refractivity contribution < 1.29 is 33.9 Å². The van der Waals surface area contributed by atoms with Gasteiger partial charge in [-0.1, -0.05) is 240 Å². The van der Waals surface area contributed by atoms with Gasteiger partial charge in [0.15, 0.2) is 5.71 Å². The molecule has 532 valence electrons. The van der Waals surface area contributed by atoms with Crippen molar-refractivity contribution >= 4 is 100 Å². The van der Waals surface area contributed by atoms with Crippen molar-refractivity contribution in [3.05, 3.63) is 302 Å². The Morgan fingerprint density at radius 1 is 0.569 bits per heavy atom. The number of nitrogen functional groups attached to an aromatic ring is 2. The van der Waals surface area contributed by atoms with Crippen LogP contribution in [0.1, 0.15) is 93.2 Å². The summed E-state index contributed by atoms with van der Waals surface area (Å²) in [4.78, 5) is 28.1. The average molecular weight is 1430 g/mol. The Labute approximate surface area is 620 Å². The second-order valence-corrected chi connectivity index (χ2v) is 25.6. The van der Waals surface area contributed by atoms with Crippen LogP contribution in [0.4, 0.5) is 34.1 Å².